The molecule has 0 unspecified atom stereocenters. The summed E-state index contributed by atoms with van der Waals surface area (Å²) < 4.78 is 27.5. The quantitative estimate of drug-likeness (QED) is 0.828. The van der Waals surface area contributed by atoms with Crippen molar-refractivity contribution in [2.75, 3.05) is 6.54 Å². The number of hydrogen-bond donors (Lipinski definition) is 2. The van der Waals surface area contributed by atoms with E-state index in [9.17, 15) is 13.5 Å². The Morgan fingerprint density at radius 3 is 2.71 bits per heavy atom. The first kappa shape index (κ1) is 12.8. The fourth-order valence-corrected chi connectivity index (χ4v) is 3.18. The van der Waals surface area contributed by atoms with Gasteiger partial charge in [-0.05, 0) is 19.3 Å². The molecule has 2 rings (SSSR count). The van der Waals surface area contributed by atoms with Crippen molar-refractivity contribution in [1.29, 1.82) is 0 Å². The van der Waals surface area contributed by atoms with Crippen LogP contribution in [0.3, 0.4) is 0 Å². The second-order valence-electron chi connectivity index (χ2n) is 4.35. The summed E-state index contributed by atoms with van der Waals surface area (Å²) in [6.45, 7) is 0.00222. The summed E-state index contributed by atoms with van der Waals surface area (Å²) in [7, 11) is -2.15. The first-order valence-corrected chi connectivity index (χ1v) is 7.09. The second kappa shape index (κ2) is 4.24. The molecule has 0 spiro atoms. The Bertz CT molecular complexity index is 522. The molecule has 1 aromatic heterocycles. The lowest BCUT2D eigenvalue weighted by Gasteiger charge is -2.36. The fourth-order valence-electron chi connectivity index (χ4n) is 1.63. The monoisotopic (exact) mass is 279 g/mol. The molecule has 96 valence electrons. The van der Waals surface area contributed by atoms with Gasteiger partial charge in [0.25, 0.3) is 10.0 Å². The van der Waals surface area contributed by atoms with Crippen molar-refractivity contribution in [2.45, 2.75) is 29.9 Å². The molecule has 0 saturated heterocycles. The predicted molar refractivity (Wildman–Crippen MR) is 62.2 cm³/mol. The van der Waals surface area contributed by atoms with Gasteiger partial charge in [0.05, 0.1) is 11.9 Å². The summed E-state index contributed by atoms with van der Waals surface area (Å²) in [6.07, 6.45) is 3.48. The highest BCUT2D eigenvalue weighted by Gasteiger charge is 2.36. The van der Waals surface area contributed by atoms with Gasteiger partial charge in [-0.15, -0.1) is 0 Å². The molecule has 0 amide bonds. The summed E-state index contributed by atoms with van der Waals surface area (Å²) in [4.78, 5) is 3.73. The summed E-state index contributed by atoms with van der Waals surface area (Å²) in [6, 6.07) is 0. The van der Waals surface area contributed by atoms with E-state index < -0.39 is 15.6 Å². The number of halogens is 1. The first-order chi connectivity index (χ1) is 7.84. The third-order valence-electron chi connectivity index (χ3n) is 2.96. The maximum atomic E-state index is 11.9. The summed E-state index contributed by atoms with van der Waals surface area (Å²) >= 11 is 5.81. The second-order valence-corrected chi connectivity index (χ2v) is 6.39. The molecule has 1 aromatic rings. The van der Waals surface area contributed by atoms with Crippen LogP contribution in [0.15, 0.2) is 11.4 Å². The fraction of sp³-hybridized carbons (Fsp3) is 0.667. The van der Waals surface area contributed by atoms with Gasteiger partial charge >= 0.3 is 0 Å². The summed E-state index contributed by atoms with van der Waals surface area (Å²) in [5, 5.41) is 9.66. The molecule has 6 nitrogen and oxygen atoms in total. The number of aromatic nitrogens is 2. The molecular weight excluding hydrogens is 266 g/mol. The van der Waals surface area contributed by atoms with Gasteiger partial charge in [0.1, 0.15) is 5.15 Å². The molecule has 1 aliphatic carbocycles. The zero-order valence-electron chi connectivity index (χ0n) is 9.35. The molecule has 1 heterocycles. The van der Waals surface area contributed by atoms with Crippen LogP contribution >= 0.6 is 11.6 Å². The van der Waals surface area contributed by atoms with Crippen LogP contribution in [0.4, 0.5) is 0 Å². The molecule has 0 atom stereocenters. The van der Waals surface area contributed by atoms with Gasteiger partial charge in [-0.2, -0.15) is 0 Å². The highest BCUT2D eigenvalue weighted by molar-refractivity contribution is 7.89. The van der Waals surface area contributed by atoms with Crippen LogP contribution in [0.5, 0.6) is 0 Å². The summed E-state index contributed by atoms with van der Waals surface area (Å²) in [5.74, 6) is 0. The van der Waals surface area contributed by atoms with E-state index in [1.54, 1.807) is 7.05 Å². The van der Waals surface area contributed by atoms with Crippen molar-refractivity contribution < 1.29 is 13.5 Å². The number of rotatable bonds is 4. The Kier molecular flexibility index (Phi) is 3.19. The van der Waals surface area contributed by atoms with Crippen LogP contribution in [0.25, 0.3) is 0 Å². The van der Waals surface area contributed by atoms with E-state index in [0.717, 1.165) is 6.42 Å². The molecule has 2 N–H and O–H groups in total. The van der Waals surface area contributed by atoms with Gasteiger partial charge in [-0.1, -0.05) is 11.6 Å². The Morgan fingerprint density at radius 2 is 2.29 bits per heavy atom. The normalized spacial score (nSPS) is 19.0. The number of hydrogen-bond acceptors (Lipinski definition) is 4. The van der Waals surface area contributed by atoms with Crippen LogP contribution in [0.1, 0.15) is 19.3 Å². The minimum atomic E-state index is -3.75. The van der Waals surface area contributed by atoms with Crippen molar-refractivity contribution in [3.63, 3.8) is 0 Å². The Balaban J connectivity index is 2.11. The third kappa shape index (κ3) is 2.47. The predicted octanol–water partition coefficient (Wildman–Crippen LogP) is 0.267. The minimum Gasteiger partial charge on any atom is -0.389 e. The maximum absolute atomic E-state index is 11.9. The molecule has 1 fully saturated rings. The lowest BCUT2D eigenvalue weighted by molar-refractivity contribution is -0.0271. The highest BCUT2D eigenvalue weighted by atomic mass is 35.5. The number of nitrogens with zero attached hydrogens (tertiary/aromatic N) is 2. The molecule has 0 aromatic carbocycles. The van der Waals surface area contributed by atoms with E-state index in [0.29, 0.717) is 12.8 Å². The largest absolute Gasteiger partial charge is 0.389 e. The zero-order valence-corrected chi connectivity index (χ0v) is 10.9. The number of sulfonamides is 1. The van der Waals surface area contributed by atoms with Crippen molar-refractivity contribution >= 4 is 21.6 Å². The van der Waals surface area contributed by atoms with Gasteiger partial charge < -0.3 is 9.67 Å². The lowest BCUT2D eigenvalue weighted by Crippen LogP contribution is -2.47. The molecule has 17 heavy (non-hydrogen) atoms. The van der Waals surface area contributed by atoms with Gasteiger partial charge in [0, 0.05) is 13.6 Å². The number of imidazole rings is 1. The lowest BCUT2D eigenvalue weighted by atomic mass is 9.81. The number of nitrogens with one attached hydrogen (secondary N) is 1. The SMILES string of the molecule is Cn1cnc(S(=O)(=O)NCC2(O)CCC2)c1Cl. The topological polar surface area (TPSA) is 84.2 Å². The zero-order chi connectivity index (χ0) is 12.7. The Hall–Kier alpha value is -0.630. The third-order valence-corrected chi connectivity index (χ3v) is 4.85. The molecular formula is C9H14ClN3O3S. The minimum absolute atomic E-state index is 0.00222. The molecule has 0 radical (unpaired) electrons. The van der Waals surface area contributed by atoms with E-state index in [4.69, 9.17) is 11.6 Å². The molecule has 1 aliphatic rings. The average molecular weight is 280 g/mol. The molecule has 8 heteroatoms. The van der Waals surface area contributed by atoms with E-state index in [-0.39, 0.29) is 16.7 Å². The van der Waals surface area contributed by atoms with Crippen molar-refractivity contribution in [2.24, 2.45) is 7.05 Å². The van der Waals surface area contributed by atoms with Crippen molar-refractivity contribution in [3.8, 4) is 0 Å². The number of aliphatic hydroxyl groups is 1. The van der Waals surface area contributed by atoms with Crippen LogP contribution in [-0.4, -0.2) is 35.2 Å². The van der Waals surface area contributed by atoms with Gasteiger partial charge in [-0.3, -0.25) is 0 Å². The van der Waals surface area contributed by atoms with E-state index >= 15 is 0 Å². The van der Waals surface area contributed by atoms with Crippen molar-refractivity contribution in [1.82, 2.24) is 14.3 Å². The Morgan fingerprint density at radius 1 is 1.65 bits per heavy atom. The number of aryl methyl sites for hydroxylation is 1. The molecule has 1 saturated carbocycles. The van der Waals surface area contributed by atoms with Crippen molar-refractivity contribution in [3.05, 3.63) is 11.5 Å². The van der Waals surface area contributed by atoms with Gasteiger partial charge in [-0.25, -0.2) is 18.1 Å². The van der Waals surface area contributed by atoms with Crippen LogP contribution in [-0.2, 0) is 17.1 Å². The van der Waals surface area contributed by atoms with E-state index in [1.807, 2.05) is 0 Å². The van der Waals surface area contributed by atoms with E-state index in [1.165, 1.54) is 10.9 Å². The van der Waals surface area contributed by atoms with Gasteiger partial charge in [0.2, 0.25) is 5.03 Å². The van der Waals surface area contributed by atoms with Crippen LogP contribution in [0.2, 0.25) is 5.15 Å². The maximum Gasteiger partial charge on any atom is 0.261 e. The standard InChI is InChI=1S/C9H14ClN3O3S/c1-13-6-11-8(7(13)10)17(15,16)12-5-9(14)3-2-4-9/h6,12,14H,2-5H2,1H3. The Labute approximate surface area is 105 Å². The van der Waals surface area contributed by atoms with Crippen LogP contribution in [0, 0.1) is 0 Å². The van der Waals surface area contributed by atoms with Crippen LogP contribution < -0.4 is 4.72 Å². The van der Waals surface area contributed by atoms with E-state index in [2.05, 4.69) is 9.71 Å². The smallest absolute Gasteiger partial charge is 0.261 e. The highest BCUT2D eigenvalue weighted by Crippen LogP contribution is 2.31. The average Bonchev–Trinajstić information content (AvgIpc) is 2.55. The molecule has 0 aliphatic heterocycles. The van der Waals surface area contributed by atoms with Gasteiger partial charge in [0.15, 0.2) is 0 Å². The first-order valence-electron chi connectivity index (χ1n) is 5.23. The molecule has 0 bridgehead atoms. The summed E-state index contributed by atoms with van der Waals surface area (Å²) in [5.41, 5.74) is -0.908.